The molecule has 1 heterocycles. The Morgan fingerprint density at radius 3 is 2.93 bits per heavy atom. The Morgan fingerprint density at radius 1 is 1.57 bits per heavy atom. The summed E-state index contributed by atoms with van der Waals surface area (Å²) in [7, 11) is 0. The van der Waals surface area contributed by atoms with Crippen LogP contribution in [0.4, 0.5) is 4.39 Å². The summed E-state index contributed by atoms with van der Waals surface area (Å²) in [6.07, 6.45) is 0. The third-order valence-electron chi connectivity index (χ3n) is 1.86. The van der Waals surface area contributed by atoms with E-state index in [1.807, 2.05) is 0 Å². The first-order chi connectivity index (χ1) is 6.61. The summed E-state index contributed by atoms with van der Waals surface area (Å²) < 4.78 is 14.2. The molecule has 0 saturated carbocycles. The fourth-order valence-electron chi connectivity index (χ4n) is 1.24. The van der Waals surface area contributed by atoms with Gasteiger partial charge in [-0.25, -0.2) is 9.18 Å². The lowest BCUT2D eigenvalue weighted by molar-refractivity contribution is 0.0692. The van der Waals surface area contributed by atoms with Crippen molar-refractivity contribution in [3.05, 3.63) is 33.9 Å². The van der Waals surface area contributed by atoms with Crippen molar-refractivity contribution >= 4 is 39.0 Å². The third kappa shape index (κ3) is 1.27. The molecular weight excluding hydrogens is 227 g/mol. The summed E-state index contributed by atoms with van der Waals surface area (Å²) in [6, 6.07) is 3.01. The summed E-state index contributed by atoms with van der Waals surface area (Å²) >= 11 is 6.96. The standard InChI is InChI=1S/C9H4ClFO2S/c10-5-3-6-4(1-2-14-6)8(11)7(5)9(12)13/h1-3H,(H,12,13). The number of hydrogen-bond donors (Lipinski definition) is 1. The first kappa shape index (κ1) is 9.43. The van der Waals surface area contributed by atoms with E-state index < -0.39 is 17.3 Å². The molecule has 0 atom stereocenters. The van der Waals surface area contributed by atoms with Gasteiger partial charge in [0.25, 0.3) is 0 Å². The van der Waals surface area contributed by atoms with Gasteiger partial charge in [-0.15, -0.1) is 11.3 Å². The highest BCUT2D eigenvalue weighted by Gasteiger charge is 2.18. The molecular formula is C9H4ClFO2S. The zero-order valence-electron chi connectivity index (χ0n) is 6.75. The minimum atomic E-state index is -1.35. The monoisotopic (exact) mass is 230 g/mol. The molecule has 0 bridgehead atoms. The van der Waals surface area contributed by atoms with Gasteiger partial charge in [-0.2, -0.15) is 0 Å². The lowest BCUT2D eigenvalue weighted by Crippen LogP contribution is -2.01. The summed E-state index contributed by atoms with van der Waals surface area (Å²) in [5.41, 5.74) is -0.461. The summed E-state index contributed by atoms with van der Waals surface area (Å²) in [5, 5.41) is 10.7. The number of benzene rings is 1. The molecule has 0 spiro atoms. The lowest BCUT2D eigenvalue weighted by atomic mass is 10.1. The highest BCUT2D eigenvalue weighted by Crippen LogP contribution is 2.31. The highest BCUT2D eigenvalue weighted by molar-refractivity contribution is 7.17. The molecule has 14 heavy (non-hydrogen) atoms. The number of carboxylic acids is 1. The molecule has 0 aliphatic rings. The Hall–Kier alpha value is -1.13. The molecule has 1 aromatic carbocycles. The maximum atomic E-state index is 13.6. The molecule has 0 aliphatic heterocycles. The minimum Gasteiger partial charge on any atom is -0.478 e. The van der Waals surface area contributed by atoms with Crippen molar-refractivity contribution in [3.63, 3.8) is 0 Å². The second-order valence-electron chi connectivity index (χ2n) is 2.68. The molecule has 5 heteroatoms. The Balaban J connectivity index is 2.89. The number of halogens is 2. The molecule has 1 aromatic heterocycles. The maximum Gasteiger partial charge on any atom is 0.340 e. The highest BCUT2D eigenvalue weighted by atomic mass is 35.5. The van der Waals surface area contributed by atoms with E-state index in [1.54, 1.807) is 5.38 Å². The number of carbonyl (C=O) groups is 1. The van der Waals surface area contributed by atoms with Gasteiger partial charge in [0, 0.05) is 10.1 Å². The first-order valence-electron chi connectivity index (χ1n) is 3.69. The van der Waals surface area contributed by atoms with Crippen molar-refractivity contribution in [2.45, 2.75) is 0 Å². The molecule has 0 saturated heterocycles. The van der Waals surface area contributed by atoms with Crippen molar-refractivity contribution in [3.8, 4) is 0 Å². The number of aromatic carboxylic acids is 1. The quantitative estimate of drug-likeness (QED) is 0.815. The largest absolute Gasteiger partial charge is 0.478 e. The zero-order valence-corrected chi connectivity index (χ0v) is 8.32. The summed E-state index contributed by atoms with van der Waals surface area (Å²) in [4.78, 5) is 10.7. The zero-order chi connectivity index (χ0) is 10.3. The molecule has 1 N–H and O–H groups in total. The summed E-state index contributed by atoms with van der Waals surface area (Å²) in [5.74, 6) is -2.11. The third-order valence-corrected chi connectivity index (χ3v) is 3.02. The van der Waals surface area contributed by atoms with E-state index >= 15 is 0 Å². The van der Waals surface area contributed by atoms with Crippen LogP contribution in [0, 0.1) is 5.82 Å². The van der Waals surface area contributed by atoms with E-state index in [0.29, 0.717) is 10.1 Å². The fourth-order valence-corrected chi connectivity index (χ4v) is 2.40. The van der Waals surface area contributed by atoms with Crippen molar-refractivity contribution < 1.29 is 14.3 Å². The smallest absolute Gasteiger partial charge is 0.340 e. The Morgan fingerprint density at radius 2 is 2.29 bits per heavy atom. The van der Waals surface area contributed by atoms with Crippen LogP contribution in [-0.2, 0) is 0 Å². The lowest BCUT2D eigenvalue weighted by Gasteiger charge is -2.01. The van der Waals surface area contributed by atoms with Crippen LogP contribution in [0.5, 0.6) is 0 Å². The average Bonchev–Trinajstić information content (AvgIpc) is 2.50. The van der Waals surface area contributed by atoms with Crippen LogP contribution in [0.15, 0.2) is 17.5 Å². The number of rotatable bonds is 1. The van der Waals surface area contributed by atoms with Crippen LogP contribution >= 0.6 is 22.9 Å². The maximum absolute atomic E-state index is 13.6. The molecule has 72 valence electrons. The van der Waals surface area contributed by atoms with Crippen molar-refractivity contribution in [2.75, 3.05) is 0 Å². The van der Waals surface area contributed by atoms with Gasteiger partial charge in [-0.3, -0.25) is 0 Å². The van der Waals surface area contributed by atoms with E-state index in [1.165, 1.54) is 23.5 Å². The van der Waals surface area contributed by atoms with E-state index in [0.717, 1.165) is 0 Å². The number of thiophene rings is 1. The number of carboxylic acid groups (broad SMARTS) is 1. The Bertz CT molecular complexity index is 521. The molecule has 0 amide bonds. The predicted octanol–water partition coefficient (Wildman–Crippen LogP) is 3.39. The van der Waals surface area contributed by atoms with Crippen LogP contribution in [0.1, 0.15) is 10.4 Å². The second kappa shape index (κ2) is 3.22. The van der Waals surface area contributed by atoms with Crippen LogP contribution < -0.4 is 0 Å². The first-order valence-corrected chi connectivity index (χ1v) is 4.95. The van der Waals surface area contributed by atoms with E-state index in [2.05, 4.69) is 0 Å². The summed E-state index contributed by atoms with van der Waals surface area (Å²) in [6.45, 7) is 0. The van der Waals surface area contributed by atoms with Crippen molar-refractivity contribution in [1.29, 1.82) is 0 Å². The Labute approximate surface area is 87.5 Å². The second-order valence-corrected chi connectivity index (χ2v) is 4.04. The molecule has 2 nitrogen and oxygen atoms in total. The van der Waals surface area contributed by atoms with Gasteiger partial charge in [0.1, 0.15) is 11.4 Å². The van der Waals surface area contributed by atoms with Crippen LogP contribution in [0.2, 0.25) is 5.02 Å². The molecule has 0 aliphatic carbocycles. The molecule has 0 unspecified atom stereocenters. The SMILES string of the molecule is O=C(O)c1c(Cl)cc2sccc2c1F. The van der Waals surface area contributed by atoms with E-state index in [9.17, 15) is 9.18 Å². The molecule has 2 aromatic rings. The van der Waals surface area contributed by atoms with Gasteiger partial charge in [0.15, 0.2) is 0 Å². The van der Waals surface area contributed by atoms with Crippen molar-refractivity contribution in [1.82, 2.24) is 0 Å². The average molecular weight is 231 g/mol. The van der Waals surface area contributed by atoms with E-state index in [4.69, 9.17) is 16.7 Å². The molecule has 0 fully saturated rings. The van der Waals surface area contributed by atoms with Gasteiger partial charge >= 0.3 is 5.97 Å². The van der Waals surface area contributed by atoms with Gasteiger partial charge in [-0.1, -0.05) is 11.6 Å². The van der Waals surface area contributed by atoms with Gasteiger partial charge < -0.3 is 5.11 Å². The van der Waals surface area contributed by atoms with Gasteiger partial charge in [0.2, 0.25) is 0 Å². The molecule has 0 radical (unpaired) electrons. The van der Waals surface area contributed by atoms with Gasteiger partial charge in [-0.05, 0) is 17.5 Å². The normalized spacial score (nSPS) is 10.7. The topological polar surface area (TPSA) is 37.3 Å². The number of fused-ring (bicyclic) bond motifs is 1. The van der Waals surface area contributed by atoms with Crippen LogP contribution in [0.3, 0.4) is 0 Å². The van der Waals surface area contributed by atoms with Crippen LogP contribution in [-0.4, -0.2) is 11.1 Å². The van der Waals surface area contributed by atoms with Crippen LogP contribution in [0.25, 0.3) is 10.1 Å². The molecule has 2 rings (SSSR count). The minimum absolute atomic E-state index is 0.0649. The number of hydrogen-bond acceptors (Lipinski definition) is 2. The Kier molecular flexibility index (Phi) is 2.17. The van der Waals surface area contributed by atoms with Crippen molar-refractivity contribution in [2.24, 2.45) is 0 Å². The predicted molar refractivity (Wildman–Crippen MR) is 53.8 cm³/mol. The van der Waals surface area contributed by atoms with Gasteiger partial charge in [0.05, 0.1) is 5.02 Å². The fraction of sp³-hybridized carbons (Fsp3) is 0. The van der Waals surface area contributed by atoms with E-state index in [-0.39, 0.29) is 5.02 Å².